The van der Waals surface area contributed by atoms with Crippen LogP contribution in [0.4, 0.5) is 5.69 Å². The van der Waals surface area contributed by atoms with Gasteiger partial charge in [0.05, 0.1) is 6.54 Å². The molecule has 2 heterocycles. The van der Waals surface area contributed by atoms with Gasteiger partial charge in [-0.1, -0.05) is 30.3 Å². The van der Waals surface area contributed by atoms with Crippen LogP contribution in [0.25, 0.3) is 0 Å². The topological polar surface area (TPSA) is 54.0 Å². The number of carbonyl (C=O) groups is 1. The van der Waals surface area contributed by atoms with Crippen LogP contribution in [-0.4, -0.2) is 67.7 Å². The van der Waals surface area contributed by atoms with Gasteiger partial charge >= 0.3 is 0 Å². The zero-order valence-corrected chi connectivity index (χ0v) is 20.3. The van der Waals surface area contributed by atoms with Crippen LogP contribution in [0.5, 0.6) is 11.5 Å². The number of nitrogens with zero attached hydrogens (tertiary/aromatic N) is 2. The second-order valence-electron chi connectivity index (χ2n) is 8.22. The molecule has 1 fully saturated rings. The SMILES string of the molecule is Cc1cccc(C)c1NC(=O)CN1CCN(CCC2COc3ccccc3O2)CC1.Cl.Cl. The molecule has 1 unspecified atom stereocenters. The Kier molecular flexibility index (Phi) is 10.1. The lowest BCUT2D eigenvalue weighted by molar-refractivity contribution is -0.117. The molecule has 32 heavy (non-hydrogen) atoms. The highest BCUT2D eigenvalue weighted by atomic mass is 35.5. The Balaban J connectivity index is 0.00000181. The van der Waals surface area contributed by atoms with Crippen LogP contribution in [0.3, 0.4) is 0 Å². The van der Waals surface area contributed by atoms with Gasteiger partial charge in [0, 0.05) is 44.8 Å². The van der Waals surface area contributed by atoms with E-state index >= 15 is 0 Å². The standard InChI is InChI=1S/C24H31N3O3.2ClH/c1-18-6-5-7-19(2)24(18)25-23(28)16-27-14-12-26(13-15-27)11-10-20-17-29-21-8-3-4-9-22(21)30-20;;/h3-9,20H,10-17H2,1-2H3,(H,25,28);2*1H. The van der Waals surface area contributed by atoms with Crippen molar-refractivity contribution in [1.82, 2.24) is 9.80 Å². The van der Waals surface area contributed by atoms with Gasteiger partial charge in [0.1, 0.15) is 12.7 Å². The minimum Gasteiger partial charge on any atom is -0.486 e. The van der Waals surface area contributed by atoms with Crippen LogP contribution in [0.1, 0.15) is 17.5 Å². The van der Waals surface area contributed by atoms with E-state index in [9.17, 15) is 4.79 Å². The Labute approximate surface area is 203 Å². The fraction of sp³-hybridized carbons (Fsp3) is 0.458. The summed E-state index contributed by atoms with van der Waals surface area (Å²) in [5, 5.41) is 3.09. The largest absolute Gasteiger partial charge is 0.486 e. The summed E-state index contributed by atoms with van der Waals surface area (Å²) in [6.45, 7) is 9.85. The number of piperazine rings is 1. The summed E-state index contributed by atoms with van der Waals surface area (Å²) >= 11 is 0. The molecule has 1 saturated heterocycles. The number of para-hydroxylation sites is 3. The molecular weight excluding hydrogens is 449 g/mol. The van der Waals surface area contributed by atoms with E-state index in [-0.39, 0.29) is 36.8 Å². The Bertz CT molecular complexity index is 868. The molecule has 8 heteroatoms. The zero-order chi connectivity index (χ0) is 20.9. The predicted molar refractivity (Wildman–Crippen MR) is 133 cm³/mol. The number of nitrogens with one attached hydrogen (secondary N) is 1. The van der Waals surface area contributed by atoms with Crippen LogP contribution >= 0.6 is 24.8 Å². The van der Waals surface area contributed by atoms with Gasteiger partial charge < -0.3 is 19.7 Å². The number of amides is 1. The van der Waals surface area contributed by atoms with Crippen molar-refractivity contribution in [1.29, 1.82) is 0 Å². The van der Waals surface area contributed by atoms with Crippen molar-refractivity contribution in [2.45, 2.75) is 26.4 Å². The van der Waals surface area contributed by atoms with Gasteiger partial charge in [-0.05, 0) is 37.1 Å². The highest BCUT2D eigenvalue weighted by molar-refractivity contribution is 5.93. The van der Waals surface area contributed by atoms with Crippen molar-refractivity contribution >= 4 is 36.4 Å². The van der Waals surface area contributed by atoms with Crippen LogP contribution in [0, 0.1) is 13.8 Å². The molecule has 1 N–H and O–H groups in total. The number of anilines is 1. The van der Waals surface area contributed by atoms with E-state index in [1.807, 2.05) is 56.3 Å². The van der Waals surface area contributed by atoms with E-state index in [2.05, 4.69) is 15.1 Å². The molecule has 0 saturated carbocycles. The van der Waals surface area contributed by atoms with Gasteiger partial charge in [0.25, 0.3) is 0 Å². The fourth-order valence-electron chi connectivity index (χ4n) is 4.10. The van der Waals surface area contributed by atoms with Crippen molar-refractivity contribution in [3.8, 4) is 11.5 Å². The van der Waals surface area contributed by atoms with Gasteiger partial charge in [-0.3, -0.25) is 9.69 Å². The number of halogens is 2. The third-order valence-corrected chi connectivity index (χ3v) is 5.91. The first-order valence-electron chi connectivity index (χ1n) is 10.8. The summed E-state index contributed by atoms with van der Waals surface area (Å²) in [5.74, 6) is 1.74. The number of ether oxygens (including phenoxy) is 2. The Morgan fingerprint density at radius 3 is 2.25 bits per heavy atom. The van der Waals surface area contributed by atoms with Gasteiger partial charge in [-0.25, -0.2) is 0 Å². The number of aryl methyl sites for hydroxylation is 2. The monoisotopic (exact) mass is 481 g/mol. The van der Waals surface area contributed by atoms with E-state index in [1.54, 1.807) is 0 Å². The summed E-state index contributed by atoms with van der Waals surface area (Å²) in [6.07, 6.45) is 1.04. The highest BCUT2D eigenvalue weighted by Crippen LogP contribution is 2.31. The number of benzene rings is 2. The second-order valence-corrected chi connectivity index (χ2v) is 8.22. The second kappa shape index (κ2) is 12.3. The number of rotatable bonds is 6. The van der Waals surface area contributed by atoms with Gasteiger partial charge in [-0.2, -0.15) is 0 Å². The van der Waals surface area contributed by atoms with Crippen molar-refractivity contribution in [2.75, 3.05) is 51.2 Å². The summed E-state index contributed by atoms with van der Waals surface area (Å²) in [6, 6.07) is 13.9. The number of hydrogen-bond acceptors (Lipinski definition) is 5. The molecule has 0 spiro atoms. The van der Waals surface area contributed by atoms with E-state index in [1.165, 1.54) is 0 Å². The molecule has 2 aromatic carbocycles. The smallest absolute Gasteiger partial charge is 0.238 e. The molecule has 0 bridgehead atoms. The lowest BCUT2D eigenvalue weighted by atomic mass is 10.1. The molecule has 0 aromatic heterocycles. The third kappa shape index (κ3) is 6.75. The molecular formula is C24H33Cl2N3O3. The quantitative estimate of drug-likeness (QED) is 0.676. The molecule has 1 amide bonds. The van der Waals surface area contributed by atoms with Crippen molar-refractivity contribution in [3.05, 3.63) is 53.6 Å². The van der Waals surface area contributed by atoms with E-state index in [4.69, 9.17) is 9.47 Å². The molecule has 6 nitrogen and oxygen atoms in total. The molecule has 2 aromatic rings. The van der Waals surface area contributed by atoms with Crippen LogP contribution in [0.15, 0.2) is 42.5 Å². The molecule has 176 valence electrons. The van der Waals surface area contributed by atoms with E-state index in [0.29, 0.717) is 13.2 Å². The summed E-state index contributed by atoms with van der Waals surface area (Å²) in [5.41, 5.74) is 3.15. The minimum atomic E-state index is 0. The molecule has 2 aliphatic heterocycles. The number of hydrogen-bond donors (Lipinski definition) is 1. The molecule has 2 aliphatic rings. The lowest BCUT2D eigenvalue weighted by Crippen LogP contribution is -2.49. The van der Waals surface area contributed by atoms with Gasteiger partial charge in [0.2, 0.25) is 5.91 Å². The normalized spacial score (nSPS) is 18.2. The number of fused-ring (bicyclic) bond motifs is 1. The van der Waals surface area contributed by atoms with Crippen molar-refractivity contribution in [3.63, 3.8) is 0 Å². The molecule has 1 atom stereocenters. The summed E-state index contributed by atoms with van der Waals surface area (Å²) in [7, 11) is 0. The van der Waals surface area contributed by atoms with Crippen LogP contribution in [0.2, 0.25) is 0 Å². The molecule has 4 rings (SSSR count). The van der Waals surface area contributed by atoms with E-state index in [0.717, 1.165) is 67.5 Å². The lowest BCUT2D eigenvalue weighted by Gasteiger charge is -2.35. The zero-order valence-electron chi connectivity index (χ0n) is 18.7. The third-order valence-electron chi connectivity index (χ3n) is 5.91. The first-order valence-corrected chi connectivity index (χ1v) is 10.8. The van der Waals surface area contributed by atoms with Crippen LogP contribution < -0.4 is 14.8 Å². The maximum Gasteiger partial charge on any atom is 0.238 e. The van der Waals surface area contributed by atoms with Crippen LogP contribution in [-0.2, 0) is 4.79 Å². The number of carbonyl (C=O) groups excluding carboxylic acids is 1. The summed E-state index contributed by atoms with van der Waals surface area (Å²) in [4.78, 5) is 17.2. The molecule has 0 radical (unpaired) electrons. The Hall–Kier alpha value is -1.99. The Morgan fingerprint density at radius 2 is 1.56 bits per heavy atom. The van der Waals surface area contributed by atoms with Crippen molar-refractivity contribution < 1.29 is 14.3 Å². The van der Waals surface area contributed by atoms with Crippen molar-refractivity contribution in [2.24, 2.45) is 0 Å². The first kappa shape index (κ1) is 26.3. The fourth-order valence-corrected chi connectivity index (χ4v) is 4.10. The maximum absolute atomic E-state index is 12.5. The van der Waals surface area contributed by atoms with Gasteiger partial charge in [-0.15, -0.1) is 24.8 Å². The van der Waals surface area contributed by atoms with Gasteiger partial charge in [0.15, 0.2) is 11.5 Å². The predicted octanol–water partition coefficient (Wildman–Crippen LogP) is 3.93. The Morgan fingerprint density at radius 1 is 0.938 bits per heavy atom. The first-order chi connectivity index (χ1) is 14.6. The average Bonchev–Trinajstić information content (AvgIpc) is 2.76. The summed E-state index contributed by atoms with van der Waals surface area (Å²) < 4.78 is 11.9. The highest BCUT2D eigenvalue weighted by Gasteiger charge is 2.23. The molecule has 0 aliphatic carbocycles. The minimum absolute atomic E-state index is 0. The van der Waals surface area contributed by atoms with E-state index < -0.39 is 0 Å². The average molecular weight is 482 g/mol. The maximum atomic E-state index is 12.5.